The molecule has 0 saturated heterocycles. The number of fused-ring (bicyclic) bond motifs is 1. The molecular weight excluding hydrogens is 382 g/mol. The minimum atomic E-state index is -0.729. The Bertz CT molecular complexity index is 764. The first-order valence-electron chi connectivity index (χ1n) is 8.36. The van der Waals surface area contributed by atoms with Crippen LogP contribution in [0.5, 0.6) is 5.75 Å². The van der Waals surface area contributed by atoms with E-state index in [4.69, 9.17) is 10.5 Å². The van der Waals surface area contributed by atoms with Crippen molar-refractivity contribution < 1.29 is 9.84 Å². The molecule has 0 spiro atoms. The van der Waals surface area contributed by atoms with Gasteiger partial charge in [-0.3, -0.25) is 4.99 Å². The first-order chi connectivity index (χ1) is 12.1. The highest BCUT2D eigenvalue weighted by molar-refractivity contribution is 9.10. The third-order valence-electron chi connectivity index (χ3n) is 4.11. The second kappa shape index (κ2) is 8.36. The average molecular weight is 404 g/mol. The fraction of sp³-hybridized carbons (Fsp3) is 0.316. The number of hydrogen-bond acceptors (Lipinski definition) is 3. The van der Waals surface area contributed by atoms with Gasteiger partial charge in [0.05, 0.1) is 11.0 Å². The van der Waals surface area contributed by atoms with Crippen LogP contribution in [-0.4, -0.2) is 30.3 Å². The smallest absolute Gasteiger partial charge is 0.193 e. The SMILES string of the molecule is NC(=NCC(O)COc1ccccc1Br)Nc1ccc2c(c1)CCC2. The summed E-state index contributed by atoms with van der Waals surface area (Å²) < 4.78 is 6.42. The van der Waals surface area contributed by atoms with Gasteiger partial charge in [-0.25, -0.2) is 0 Å². The van der Waals surface area contributed by atoms with Crippen LogP contribution in [0, 0.1) is 0 Å². The summed E-state index contributed by atoms with van der Waals surface area (Å²) in [6.45, 7) is 0.326. The van der Waals surface area contributed by atoms with Gasteiger partial charge in [0.2, 0.25) is 0 Å². The predicted octanol–water partition coefficient (Wildman–Crippen LogP) is 3.10. The quantitative estimate of drug-likeness (QED) is 0.511. The number of aliphatic hydroxyl groups is 1. The van der Waals surface area contributed by atoms with Crippen molar-refractivity contribution in [2.75, 3.05) is 18.5 Å². The Balaban J connectivity index is 1.48. The average Bonchev–Trinajstić information content (AvgIpc) is 3.07. The number of aryl methyl sites for hydroxylation is 2. The normalized spacial score (nSPS) is 14.9. The summed E-state index contributed by atoms with van der Waals surface area (Å²) in [5.41, 5.74) is 9.63. The van der Waals surface area contributed by atoms with Crippen LogP contribution >= 0.6 is 15.9 Å². The highest BCUT2D eigenvalue weighted by Crippen LogP contribution is 2.25. The van der Waals surface area contributed by atoms with Crippen LogP contribution in [0.15, 0.2) is 51.9 Å². The molecule has 0 aliphatic heterocycles. The fourth-order valence-electron chi connectivity index (χ4n) is 2.84. The van der Waals surface area contributed by atoms with E-state index in [1.807, 2.05) is 30.3 Å². The maximum atomic E-state index is 10.0. The molecule has 0 heterocycles. The molecule has 1 aliphatic rings. The zero-order chi connectivity index (χ0) is 17.6. The topological polar surface area (TPSA) is 79.9 Å². The van der Waals surface area contributed by atoms with Crippen molar-refractivity contribution in [3.63, 3.8) is 0 Å². The molecule has 6 heteroatoms. The molecular formula is C19H22BrN3O2. The van der Waals surface area contributed by atoms with Gasteiger partial charge in [0.25, 0.3) is 0 Å². The van der Waals surface area contributed by atoms with E-state index in [0.29, 0.717) is 5.75 Å². The highest BCUT2D eigenvalue weighted by atomic mass is 79.9. The number of aliphatic hydroxyl groups excluding tert-OH is 1. The summed E-state index contributed by atoms with van der Waals surface area (Å²) in [5.74, 6) is 0.979. The van der Waals surface area contributed by atoms with Gasteiger partial charge >= 0.3 is 0 Å². The molecule has 25 heavy (non-hydrogen) atoms. The fourth-order valence-corrected chi connectivity index (χ4v) is 3.24. The summed E-state index contributed by atoms with van der Waals surface area (Å²) >= 11 is 3.40. The summed E-state index contributed by atoms with van der Waals surface area (Å²) in [6.07, 6.45) is 2.76. The molecule has 0 fully saturated rings. The number of hydrogen-bond donors (Lipinski definition) is 3. The second-order valence-electron chi connectivity index (χ2n) is 6.08. The van der Waals surface area contributed by atoms with Crippen molar-refractivity contribution in [1.82, 2.24) is 0 Å². The van der Waals surface area contributed by atoms with Gasteiger partial charge in [-0.05, 0) is 70.6 Å². The van der Waals surface area contributed by atoms with Crippen LogP contribution in [0.4, 0.5) is 5.69 Å². The molecule has 5 nitrogen and oxygen atoms in total. The van der Waals surface area contributed by atoms with Crippen molar-refractivity contribution in [3.05, 3.63) is 58.1 Å². The van der Waals surface area contributed by atoms with Gasteiger partial charge < -0.3 is 20.9 Å². The molecule has 1 aliphatic carbocycles. The number of nitrogens with zero attached hydrogens (tertiary/aromatic N) is 1. The number of para-hydroxylation sites is 1. The third kappa shape index (κ3) is 4.96. The minimum Gasteiger partial charge on any atom is -0.490 e. The van der Waals surface area contributed by atoms with E-state index in [-0.39, 0.29) is 19.1 Å². The molecule has 2 aromatic carbocycles. The van der Waals surface area contributed by atoms with E-state index in [1.54, 1.807) is 0 Å². The molecule has 2 aromatic rings. The minimum absolute atomic E-state index is 0.151. The summed E-state index contributed by atoms with van der Waals surface area (Å²) in [7, 11) is 0. The molecule has 0 amide bonds. The Kier molecular flexibility index (Phi) is 5.94. The molecule has 0 aromatic heterocycles. The number of guanidine groups is 1. The van der Waals surface area contributed by atoms with Crippen LogP contribution in [0.3, 0.4) is 0 Å². The lowest BCUT2D eigenvalue weighted by Crippen LogP contribution is -2.27. The second-order valence-corrected chi connectivity index (χ2v) is 6.94. The van der Waals surface area contributed by atoms with Crippen LogP contribution in [0.25, 0.3) is 0 Å². The van der Waals surface area contributed by atoms with E-state index in [0.717, 1.165) is 23.0 Å². The lowest BCUT2D eigenvalue weighted by molar-refractivity contribution is 0.114. The van der Waals surface area contributed by atoms with E-state index in [2.05, 4.69) is 38.4 Å². The molecule has 132 valence electrons. The molecule has 4 N–H and O–H groups in total. The standard InChI is InChI=1S/C19H22BrN3O2/c20-17-6-1-2-7-18(17)25-12-16(24)11-22-19(21)23-15-9-8-13-4-3-5-14(13)10-15/h1-2,6-10,16,24H,3-5,11-12H2,(H3,21,22,23). The Morgan fingerprint density at radius 2 is 2.04 bits per heavy atom. The number of benzene rings is 2. The van der Waals surface area contributed by atoms with Crippen LogP contribution in [0.2, 0.25) is 0 Å². The Morgan fingerprint density at radius 3 is 2.88 bits per heavy atom. The number of aliphatic imine (C=N–C) groups is 1. The molecule has 1 unspecified atom stereocenters. The monoisotopic (exact) mass is 403 g/mol. The number of rotatable bonds is 6. The van der Waals surface area contributed by atoms with E-state index in [9.17, 15) is 5.11 Å². The van der Waals surface area contributed by atoms with E-state index < -0.39 is 6.10 Å². The molecule has 0 saturated carbocycles. The molecule has 3 rings (SSSR count). The largest absolute Gasteiger partial charge is 0.490 e. The zero-order valence-corrected chi connectivity index (χ0v) is 15.5. The molecule has 1 atom stereocenters. The predicted molar refractivity (Wildman–Crippen MR) is 104 cm³/mol. The first kappa shape index (κ1) is 17.8. The maximum Gasteiger partial charge on any atom is 0.193 e. The van der Waals surface area contributed by atoms with Gasteiger partial charge in [0.15, 0.2) is 5.96 Å². The Hall–Kier alpha value is -2.05. The Morgan fingerprint density at radius 1 is 1.24 bits per heavy atom. The molecule has 0 bridgehead atoms. The lowest BCUT2D eigenvalue weighted by atomic mass is 10.1. The zero-order valence-electron chi connectivity index (χ0n) is 13.9. The number of anilines is 1. The lowest BCUT2D eigenvalue weighted by Gasteiger charge is -2.12. The van der Waals surface area contributed by atoms with Crippen molar-refractivity contribution in [1.29, 1.82) is 0 Å². The van der Waals surface area contributed by atoms with Gasteiger partial charge in [-0.2, -0.15) is 0 Å². The van der Waals surface area contributed by atoms with Crippen molar-refractivity contribution in [2.45, 2.75) is 25.4 Å². The summed E-state index contributed by atoms with van der Waals surface area (Å²) in [5, 5.41) is 13.1. The van der Waals surface area contributed by atoms with Gasteiger partial charge in [0.1, 0.15) is 18.5 Å². The number of nitrogens with two attached hydrogens (primary N) is 1. The van der Waals surface area contributed by atoms with Crippen molar-refractivity contribution in [2.24, 2.45) is 10.7 Å². The van der Waals surface area contributed by atoms with Crippen LogP contribution in [0.1, 0.15) is 17.5 Å². The number of ether oxygens (including phenoxy) is 1. The van der Waals surface area contributed by atoms with Crippen LogP contribution < -0.4 is 15.8 Å². The maximum absolute atomic E-state index is 10.0. The third-order valence-corrected chi connectivity index (χ3v) is 4.77. The van der Waals surface area contributed by atoms with Gasteiger partial charge in [0, 0.05) is 5.69 Å². The highest BCUT2D eigenvalue weighted by Gasteiger charge is 2.11. The Labute approximate surface area is 156 Å². The van der Waals surface area contributed by atoms with E-state index >= 15 is 0 Å². The van der Waals surface area contributed by atoms with Crippen LogP contribution in [-0.2, 0) is 12.8 Å². The summed E-state index contributed by atoms with van der Waals surface area (Å²) in [6, 6.07) is 13.8. The number of halogens is 1. The van der Waals surface area contributed by atoms with E-state index in [1.165, 1.54) is 17.5 Å². The first-order valence-corrected chi connectivity index (χ1v) is 9.15. The van der Waals surface area contributed by atoms with Gasteiger partial charge in [-0.1, -0.05) is 18.2 Å². The van der Waals surface area contributed by atoms with Gasteiger partial charge in [-0.15, -0.1) is 0 Å². The summed E-state index contributed by atoms with van der Waals surface area (Å²) in [4.78, 5) is 4.19. The molecule has 0 radical (unpaired) electrons. The number of nitrogens with one attached hydrogen (secondary N) is 1. The van der Waals surface area contributed by atoms with Crippen molar-refractivity contribution in [3.8, 4) is 5.75 Å². The van der Waals surface area contributed by atoms with Crippen molar-refractivity contribution >= 4 is 27.6 Å².